The Morgan fingerprint density at radius 2 is 1.24 bits per heavy atom. The van der Waals surface area contributed by atoms with Crippen molar-refractivity contribution in [2.24, 2.45) is 0 Å². The second-order valence-corrected chi connectivity index (χ2v) is 4.88. The quantitative estimate of drug-likeness (QED) is 0.440. The third kappa shape index (κ3) is 6.62. The zero-order valence-corrected chi connectivity index (χ0v) is 15.2. The van der Waals surface area contributed by atoms with Gasteiger partial charge >= 0.3 is 0 Å². The summed E-state index contributed by atoms with van der Waals surface area (Å²) in [6.45, 7) is 2.02. The predicted octanol–water partition coefficient (Wildman–Crippen LogP) is 5.87. The van der Waals surface area contributed by atoms with Crippen molar-refractivity contribution in [1.29, 1.82) is 0 Å². The molecule has 1 aliphatic carbocycles. The minimum Gasteiger partial charge on any atom is -0.153 e. The van der Waals surface area contributed by atoms with E-state index in [1.165, 1.54) is 16.7 Å². The van der Waals surface area contributed by atoms with Crippen molar-refractivity contribution in [3.63, 3.8) is 0 Å². The van der Waals surface area contributed by atoms with Crippen molar-refractivity contribution >= 4 is 21.5 Å². The molecule has 1 atom stereocenters. The number of hydrogen-bond donors (Lipinski definition) is 0. The summed E-state index contributed by atoms with van der Waals surface area (Å²) in [5.41, 5.74) is 3.76. The van der Waals surface area contributed by atoms with Crippen molar-refractivity contribution in [1.82, 2.24) is 0 Å². The summed E-state index contributed by atoms with van der Waals surface area (Å²) in [4.78, 5) is 0. The molecule has 0 saturated carbocycles. The van der Waals surface area contributed by atoms with Gasteiger partial charge < -0.3 is 0 Å². The molecule has 0 heterocycles. The van der Waals surface area contributed by atoms with Gasteiger partial charge in [0.25, 0.3) is 0 Å². The van der Waals surface area contributed by atoms with E-state index >= 15 is 0 Å². The predicted molar refractivity (Wildman–Crippen MR) is 95.3 cm³/mol. The van der Waals surface area contributed by atoms with E-state index in [0.29, 0.717) is 0 Å². The van der Waals surface area contributed by atoms with Gasteiger partial charge in [0, 0.05) is 27.9 Å². The van der Waals surface area contributed by atoms with Gasteiger partial charge in [-0.1, -0.05) is 84.4 Å². The molecule has 0 bridgehead atoms. The van der Waals surface area contributed by atoms with Crippen LogP contribution in [-0.2, 0) is 16.5 Å². The fourth-order valence-electron chi connectivity index (χ4n) is 1.85. The second kappa shape index (κ2) is 10.8. The van der Waals surface area contributed by atoms with Crippen LogP contribution in [0.4, 0.5) is 0 Å². The maximum atomic E-state index is 5.68. The van der Waals surface area contributed by atoms with Crippen LogP contribution in [0.5, 0.6) is 0 Å². The Morgan fingerprint density at radius 3 is 1.48 bits per heavy atom. The van der Waals surface area contributed by atoms with Gasteiger partial charge in [-0.3, -0.25) is 0 Å². The summed E-state index contributed by atoms with van der Waals surface area (Å²) in [6.07, 6.45) is 5.05. The fourth-order valence-corrected chi connectivity index (χ4v) is 2.00. The Hall–Kier alpha value is -0.866. The first kappa shape index (κ1) is 20.1. The molecule has 2 aromatic carbocycles. The monoisotopic (exact) mass is 360 g/mol. The van der Waals surface area contributed by atoms with E-state index in [2.05, 4.69) is 54.6 Å². The molecular weight excluding hydrogens is 341 g/mol. The average Bonchev–Trinajstić information content (AvgIpc) is 2.85. The van der Waals surface area contributed by atoms with Gasteiger partial charge in [-0.2, -0.15) is 9.90 Å². The second-order valence-electron chi connectivity index (χ2n) is 4.43. The molecule has 0 saturated heterocycles. The fraction of sp³-hybridized carbons (Fsp3) is 0.111. The van der Waals surface area contributed by atoms with Crippen LogP contribution in [0, 0.1) is 0 Å². The van der Waals surface area contributed by atoms with Gasteiger partial charge in [0.15, 0.2) is 0 Å². The van der Waals surface area contributed by atoms with E-state index in [1.807, 2.05) is 25.1 Å². The number of halogens is 1. The van der Waals surface area contributed by atoms with Crippen LogP contribution >= 0.6 is 21.5 Å². The molecule has 1 unspecified atom stereocenters. The molecule has 21 heavy (non-hydrogen) atoms. The topological polar surface area (TPSA) is 0 Å². The largest absolute Gasteiger partial charge is 0.153 e. The molecule has 0 spiro atoms. The van der Waals surface area contributed by atoms with Crippen LogP contribution in [0.25, 0.3) is 11.1 Å². The van der Waals surface area contributed by atoms with Crippen molar-refractivity contribution in [2.45, 2.75) is 13.3 Å². The van der Waals surface area contributed by atoms with E-state index < -0.39 is 0 Å². The van der Waals surface area contributed by atoms with Gasteiger partial charge in [-0.25, -0.2) is 0 Å². The van der Waals surface area contributed by atoms with E-state index in [0.717, 1.165) is 11.5 Å². The van der Waals surface area contributed by atoms with Crippen LogP contribution in [0.3, 0.4) is 0 Å². The number of rotatable bonds is 1. The molecule has 0 aliphatic heterocycles. The molecule has 0 amide bonds. The number of allylic oxidation sites excluding steroid dienone is 4. The van der Waals surface area contributed by atoms with E-state index in [9.17, 15) is 0 Å². The average molecular weight is 361 g/mol. The Balaban J connectivity index is 0.000000389. The van der Waals surface area contributed by atoms with Crippen LogP contribution in [-0.4, -0.2) is 0 Å². The van der Waals surface area contributed by atoms with E-state index in [-0.39, 0.29) is 26.4 Å². The third-order valence-electron chi connectivity index (χ3n) is 2.97. The Labute approximate surface area is 145 Å². The minimum absolute atomic E-state index is 0. The molecule has 0 N–H and O–H groups in total. The van der Waals surface area contributed by atoms with Gasteiger partial charge in [-0.05, 0) is 23.6 Å². The van der Waals surface area contributed by atoms with Gasteiger partial charge in [-0.15, -0.1) is 0 Å². The molecule has 0 nitrogen and oxygen atoms in total. The minimum atomic E-state index is 0. The van der Waals surface area contributed by atoms with Crippen LogP contribution in [0.2, 0.25) is 0 Å². The summed E-state index contributed by atoms with van der Waals surface area (Å²) in [5.74, 6) is 0. The van der Waals surface area contributed by atoms with Crippen LogP contribution in [0.1, 0.15) is 13.3 Å². The first-order chi connectivity index (χ1) is 9.27. The number of benzene rings is 2. The molecule has 1 aliphatic rings. The van der Waals surface area contributed by atoms with Gasteiger partial charge in [0.2, 0.25) is 0 Å². The summed E-state index contributed by atoms with van der Waals surface area (Å²) < 4.78 is 0. The third-order valence-corrected chi connectivity index (χ3v) is 3.43. The zero-order chi connectivity index (χ0) is 13.5. The van der Waals surface area contributed by atoms with Gasteiger partial charge in [0.1, 0.15) is 0 Å². The van der Waals surface area contributed by atoms with E-state index in [1.54, 1.807) is 0 Å². The molecule has 0 fully saturated rings. The van der Waals surface area contributed by atoms with Gasteiger partial charge in [0.05, 0.1) is 0 Å². The van der Waals surface area contributed by atoms with Crippen LogP contribution < -0.4 is 0 Å². The molecule has 3 rings (SSSR count). The molecule has 2 aromatic rings. The molecule has 0 aromatic heterocycles. The summed E-state index contributed by atoms with van der Waals surface area (Å²) in [6, 6.07) is 20.8. The molecular formula is C18H20ClNiP. The smallest absolute Gasteiger partial charge is 0.0247 e. The van der Waals surface area contributed by atoms with Crippen molar-refractivity contribution in [3.8, 4) is 11.1 Å². The maximum Gasteiger partial charge on any atom is 0.0247 e. The van der Waals surface area contributed by atoms with Crippen molar-refractivity contribution in [3.05, 3.63) is 83.4 Å². The first-order valence-corrected chi connectivity index (χ1v) is 6.77. The Bertz CT molecular complexity index is 539. The zero-order valence-electron chi connectivity index (χ0n) is 12.0. The number of hydrogen-bond acceptors (Lipinski definition) is 0. The van der Waals surface area contributed by atoms with Crippen molar-refractivity contribution in [2.75, 3.05) is 0 Å². The van der Waals surface area contributed by atoms with E-state index in [4.69, 9.17) is 11.6 Å². The Morgan fingerprint density at radius 1 is 0.810 bits per heavy atom. The standard InChI is InChI=1S/C12H10.C6H7Cl.Ni.H3P/c1-3-7-11(8-4-1)12-9-5-2-6-10-12;1-5-3-2-4-6(5)7;;/h1-10H;2-3H,4H2,1H3;;1H3. The summed E-state index contributed by atoms with van der Waals surface area (Å²) in [7, 11) is 0. The maximum absolute atomic E-state index is 5.68. The SMILES string of the molecule is CC1=C(Cl)CC=C1.P.[Ni].c1ccc(-c2ccccc2)cc1. The first-order valence-electron chi connectivity index (χ1n) is 6.39. The molecule has 114 valence electrons. The summed E-state index contributed by atoms with van der Waals surface area (Å²) >= 11 is 5.68. The normalized spacial score (nSPS) is 11.9. The summed E-state index contributed by atoms with van der Waals surface area (Å²) in [5, 5.41) is 0.986. The van der Waals surface area contributed by atoms with Crippen LogP contribution in [0.15, 0.2) is 83.4 Å². The molecule has 0 radical (unpaired) electrons. The molecule has 3 heteroatoms. The van der Waals surface area contributed by atoms with Crippen molar-refractivity contribution < 1.29 is 16.5 Å². The Kier molecular flexibility index (Phi) is 10.4.